The number of pyridine rings is 1. The molecule has 0 amide bonds. The van der Waals surface area contributed by atoms with E-state index >= 15 is 0 Å². The van der Waals surface area contributed by atoms with Gasteiger partial charge < -0.3 is 10.2 Å². The van der Waals surface area contributed by atoms with Crippen LogP contribution in [0.4, 0.5) is 5.82 Å². The van der Waals surface area contributed by atoms with E-state index in [4.69, 9.17) is 11.6 Å². The molecule has 0 aliphatic carbocycles. The van der Waals surface area contributed by atoms with Crippen molar-refractivity contribution in [2.24, 2.45) is 11.8 Å². The Balaban J connectivity index is 1.95. The van der Waals surface area contributed by atoms with Crippen molar-refractivity contribution in [3.8, 4) is 0 Å². The van der Waals surface area contributed by atoms with Crippen molar-refractivity contribution in [2.45, 2.75) is 40.2 Å². The first-order valence-electron chi connectivity index (χ1n) is 7.66. The zero-order valence-corrected chi connectivity index (χ0v) is 13.6. The molecule has 0 aromatic carbocycles. The second kappa shape index (κ2) is 7.28. The molecule has 1 aliphatic rings. The lowest BCUT2D eigenvalue weighted by molar-refractivity contribution is 0.436. The number of hydrogen-bond donors (Lipinski definition) is 1. The van der Waals surface area contributed by atoms with Crippen LogP contribution in [0.3, 0.4) is 0 Å². The van der Waals surface area contributed by atoms with E-state index in [9.17, 15) is 0 Å². The number of nitrogens with one attached hydrogen (secondary N) is 1. The molecule has 20 heavy (non-hydrogen) atoms. The van der Waals surface area contributed by atoms with Crippen LogP contribution in [0, 0.1) is 11.8 Å². The maximum absolute atomic E-state index is 6.41. The molecular formula is C16H26ClN3. The van der Waals surface area contributed by atoms with Crippen LogP contribution >= 0.6 is 11.6 Å². The van der Waals surface area contributed by atoms with Crippen molar-refractivity contribution in [1.29, 1.82) is 0 Å². The highest BCUT2D eigenvalue weighted by Crippen LogP contribution is 2.28. The average molecular weight is 296 g/mol. The molecule has 1 aromatic heterocycles. The van der Waals surface area contributed by atoms with E-state index in [0.29, 0.717) is 5.92 Å². The van der Waals surface area contributed by atoms with Crippen molar-refractivity contribution in [3.63, 3.8) is 0 Å². The van der Waals surface area contributed by atoms with Crippen LogP contribution in [0.25, 0.3) is 0 Å². The molecule has 1 fully saturated rings. The van der Waals surface area contributed by atoms with Gasteiger partial charge in [-0.1, -0.05) is 32.4 Å². The summed E-state index contributed by atoms with van der Waals surface area (Å²) in [5.41, 5.74) is 1.16. The summed E-state index contributed by atoms with van der Waals surface area (Å²) in [6.45, 7) is 10.7. The van der Waals surface area contributed by atoms with Gasteiger partial charge >= 0.3 is 0 Å². The van der Waals surface area contributed by atoms with E-state index in [1.54, 1.807) is 0 Å². The van der Waals surface area contributed by atoms with Gasteiger partial charge in [-0.2, -0.15) is 0 Å². The summed E-state index contributed by atoms with van der Waals surface area (Å²) in [6.07, 6.45) is 4.41. The Morgan fingerprint density at radius 1 is 1.40 bits per heavy atom. The Bertz CT molecular complexity index is 426. The average Bonchev–Trinajstić information content (AvgIpc) is 2.40. The summed E-state index contributed by atoms with van der Waals surface area (Å²) in [7, 11) is 0. The molecule has 2 heterocycles. The van der Waals surface area contributed by atoms with E-state index in [1.165, 1.54) is 12.8 Å². The second-order valence-electron chi connectivity index (χ2n) is 6.34. The molecule has 2 rings (SSSR count). The summed E-state index contributed by atoms with van der Waals surface area (Å²) in [4.78, 5) is 6.89. The fourth-order valence-corrected chi connectivity index (χ4v) is 2.83. The number of hydrogen-bond acceptors (Lipinski definition) is 3. The summed E-state index contributed by atoms with van der Waals surface area (Å²) in [6, 6.07) is 2.05. The monoisotopic (exact) mass is 295 g/mol. The van der Waals surface area contributed by atoms with Crippen LogP contribution in [0.5, 0.6) is 0 Å². The number of nitrogens with zero attached hydrogens (tertiary/aromatic N) is 2. The Hall–Kier alpha value is -0.800. The van der Waals surface area contributed by atoms with Crippen LogP contribution in [-0.4, -0.2) is 24.6 Å². The molecule has 0 radical (unpaired) electrons. The van der Waals surface area contributed by atoms with Crippen molar-refractivity contribution in [1.82, 2.24) is 10.3 Å². The highest BCUT2D eigenvalue weighted by molar-refractivity contribution is 6.33. The first kappa shape index (κ1) is 15.6. The van der Waals surface area contributed by atoms with E-state index in [2.05, 4.69) is 42.0 Å². The van der Waals surface area contributed by atoms with E-state index < -0.39 is 0 Å². The molecule has 1 saturated heterocycles. The normalized spacial score (nSPS) is 16.9. The third kappa shape index (κ3) is 4.35. The van der Waals surface area contributed by atoms with E-state index in [0.717, 1.165) is 48.5 Å². The lowest BCUT2D eigenvalue weighted by Crippen LogP contribution is -2.33. The van der Waals surface area contributed by atoms with Crippen molar-refractivity contribution in [2.75, 3.05) is 24.5 Å². The minimum Gasteiger partial charge on any atom is -0.355 e. The standard InChI is InChI=1S/C16H26ClN3/c1-12(2)9-18-10-14-8-15(17)16(19-11-14)20-6-4-13(3)5-7-20/h8,11-13,18H,4-7,9-10H2,1-3H3. The lowest BCUT2D eigenvalue weighted by Gasteiger charge is -2.31. The van der Waals surface area contributed by atoms with Crippen LogP contribution in [0.2, 0.25) is 5.02 Å². The molecule has 0 atom stereocenters. The molecule has 1 N–H and O–H groups in total. The number of halogens is 1. The molecular weight excluding hydrogens is 270 g/mol. The van der Waals surface area contributed by atoms with Gasteiger partial charge in [0.05, 0.1) is 5.02 Å². The van der Waals surface area contributed by atoms with Gasteiger partial charge in [0.15, 0.2) is 0 Å². The molecule has 0 unspecified atom stereocenters. The molecule has 0 bridgehead atoms. The summed E-state index contributed by atoms with van der Waals surface area (Å²) < 4.78 is 0. The quantitative estimate of drug-likeness (QED) is 0.897. The number of rotatable bonds is 5. The predicted molar refractivity (Wildman–Crippen MR) is 86.4 cm³/mol. The number of piperidine rings is 1. The minimum atomic E-state index is 0.660. The third-order valence-electron chi connectivity index (χ3n) is 3.84. The molecule has 1 aromatic rings. The molecule has 112 valence electrons. The van der Waals surface area contributed by atoms with E-state index in [-0.39, 0.29) is 0 Å². The third-order valence-corrected chi connectivity index (χ3v) is 4.12. The Morgan fingerprint density at radius 3 is 2.70 bits per heavy atom. The zero-order valence-electron chi connectivity index (χ0n) is 12.8. The summed E-state index contributed by atoms with van der Waals surface area (Å²) in [5.74, 6) is 2.43. The molecule has 0 spiro atoms. The summed E-state index contributed by atoms with van der Waals surface area (Å²) in [5, 5.41) is 4.20. The van der Waals surface area contributed by atoms with Gasteiger partial charge in [0, 0.05) is 25.8 Å². The van der Waals surface area contributed by atoms with Crippen molar-refractivity contribution < 1.29 is 0 Å². The number of aromatic nitrogens is 1. The Labute approximate surface area is 127 Å². The fraction of sp³-hybridized carbons (Fsp3) is 0.688. The lowest BCUT2D eigenvalue weighted by atomic mass is 9.99. The highest BCUT2D eigenvalue weighted by atomic mass is 35.5. The van der Waals surface area contributed by atoms with Gasteiger partial charge in [-0.25, -0.2) is 4.98 Å². The molecule has 4 heteroatoms. The highest BCUT2D eigenvalue weighted by Gasteiger charge is 2.19. The van der Waals surface area contributed by atoms with Crippen LogP contribution in [0.15, 0.2) is 12.3 Å². The van der Waals surface area contributed by atoms with Gasteiger partial charge in [0.2, 0.25) is 0 Å². The number of anilines is 1. The van der Waals surface area contributed by atoms with Crippen LogP contribution in [-0.2, 0) is 6.54 Å². The smallest absolute Gasteiger partial charge is 0.147 e. The maximum Gasteiger partial charge on any atom is 0.147 e. The van der Waals surface area contributed by atoms with Crippen LogP contribution in [0.1, 0.15) is 39.2 Å². The first-order valence-corrected chi connectivity index (χ1v) is 8.04. The maximum atomic E-state index is 6.41. The van der Waals surface area contributed by atoms with Crippen molar-refractivity contribution in [3.05, 3.63) is 22.8 Å². The van der Waals surface area contributed by atoms with Gasteiger partial charge in [0.1, 0.15) is 5.82 Å². The minimum absolute atomic E-state index is 0.660. The molecule has 3 nitrogen and oxygen atoms in total. The second-order valence-corrected chi connectivity index (χ2v) is 6.75. The van der Waals surface area contributed by atoms with Gasteiger partial charge in [-0.05, 0) is 42.9 Å². The predicted octanol–water partition coefficient (Wildman–Crippen LogP) is 3.72. The Morgan fingerprint density at radius 2 is 2.10 bits per heavy atom. The van der Waals surface area contributed by atoms with Crippen LogP contribution < -0.4 is 10.2 Å². The van der Waals surface area contributed by atoms with Gasteiger partial charge in [0.25, 0.3) is 0 Å². The van der Waals surface area contributed by atoms with E-state index in [1.807, 2.05) is 6.20 Å². The zero-order chi connectivity index (χ0) is 14.5. The fourth-order valence-electron chi connectivity index (χ4n) is 2.53. The molecule has 1 aliphatic heterocycles. The van der Waals surface area contributed by atoms with Gasteiger partial charge in [-0.15, -0.1) is 0 Å². The molecule has 0 saturated carbocycles. The SMILES string of the molecule is CC(C)CNCc1cnc(N2CCC(C)CC2)c(Cl)c1. The summed E-state index contributed by atoms with van der Waals surface area (Å²) >= 11 is 6.41. The van der Waals surface area contributed by atoms with Gasteiger partial charge in [-0.3, -0.25) is 0 Å². The Kier molecular flexibility index (Phi) is 5.67. The largest absolute Gasteiger partial charge is 0.355 e. The topological polar surface area (TPSA) is 28.2 Å². The van der Waals surface area contributed by atoms with Crippen molar-refractivity contribution >= 4 is 17.4 Å². The first-order chi connectivity index (χ1) is 9.56.